The molecule has 0 amide bonds. The monoisotopic (exact) mass is 418 g/mol. The highest BCUT2D eigenvalue weighted by Crippen LogP contribution is 2.26. The Morgan fingerprint density at radius 2 is 1.77 bits per heavy atom. The van der Waals surface area contributed by atoms with E-state index in [1.165, 1.54) is 28.6 Å². The molecule has 1 aromatic heterocycles. The van der Waals surface area contributed by atoms with Crippen LogP contribution in [-0.2, 0) is 16.4 Å². The molecule has 150 valence electrons. The fourth-order valence-corrected chi connectivity index (χ4v) is 5.33. The van der Waals surface area contributed by atoms with Gasteiger partial charge in [-0.05, 0) is 40.6 Å². The van der Waals surface area contributed by atoms with Crippen molar-refractivity contribution < 1.29 is 12.8 Å². The first-order valence-corrected chi connectivity index (χ1v) is 11.0. The Balaban J connectivity index is 1.51. The molecule has 0 unspecified atom stereocenters. The van der Waals surface area contributed by atoms with Crippen molar-refractivity contribution in [1.29, 1.82) is 0 Å². The first-order valence-electron chi connectivity index (χ1n) is 9.59. The summed E-state index contributed by atoms with van der Waals surface area (Å²) < 4.78 is 33.2. The average Bonchev–Trinajstić information content (AvgIpc) is 3.23. The van der Waals surface area contributed by atoms with E-state index >= 15 is 0 Å². The smallest absolute Gasteiger partial charge is 0.336 e. The van der Waals surface area contributed by atoms with Gasteiger partial charge >= 0.3 is 5.63 Å². The van der Waals surface area contributed by atoms with Crippen LogP contribution in [0.15, 0.2) is 91.9 Å². The molecule has 1 aliphatic rings. The standard InChI is InChI=1S/C23H18N2O4S/c26-23-11-8-18-14-19(9-10-21(18)29-23)30(27,28)25-13-12-24-22(25)15-17-6-3-5-16-4-1-2-7-20(16)17/h1-11,14H,12-13,15H2. The van der Waals surface area contributed by atoms with Gasteiger partial charge in [-0.3, -0.25) is 9.30 Å². The lowest BCUT2D eigenvalue weighted by molar-refractivity contribution is 0.535. The number of benzene rings is 3. The molecule has 0 N–H and O–H groups in total. The van der Waals surface area contributed by atoms with Gasteiger partial charge in [-0.15, -0.1) is 0 Å². The Labute approximate surface area is 173 Å². The summed E-state index contributed by atoms with van der Waals surface area (Å²) in [5.41, 5.74) is 0.920. The number of sulfonamides is 1. The zero-order valence-electron chi connectivity index (χ0n) is 16.0. The zero-order valence-corrected chi connectivity index (χ0v) is 16.8. The van der Waals surface area contributed by atoms with Gasteiger partial charge in [0, 0.05) is 17.9 Å². The lowest BCUT2D eigenvalue weighted by atomic mass is 10.0. The van der Waals surface area contributed by atoms with Crippen molar-refractivity contribution >= 4 is 37.6 Å². The second-order valence-electron chi connectivity index (χ2n) is 7.14. The maximum absolute atomic E-state index is 13.4. The van der Waals surface area contributed by atoms with Crippen molar-refractivity contribution in [2.45, 2.75) is 11.3 Å². The largest absolute Gasteiger partial charge is 0.423 e. The minimum Gasteiger partial charge on any atom is -0.423 e. The van der Waals surface area contributed by atoms with E-state index in [0.29, 0.717) is 36.3 Å². The maximum Gasteiger partial charge on any atom is 0.336 e. The molecule has 4 aromatic rings. The van der Waals surface area contributed by atoms with Crippen molar-refractivity contribution in [2.24, 2.45) is 4.99 Å². The van der Waals surface area contributed by atoms with Crippen molar-refractivity contribution in [2.75, 3.05) is 13.1 Å². The topological polar surface area (TPSA) is 80.0 Å². The summed E-state index contributed by atoms with van der Waals surface area (Å²) in [6.07, 6.45) is 0.434. The number of fused-ring (bicyclic) bond motifs is 2. The van der Waals surface area contributed by atoms with Crippen molar-refractivity contribution in [3.63, 3.8) is 0 Å². The van der Waals surface area contributed by atoms with Gasteiger partial charge in [0.15, 0.2) is 0 Å². The minimum atomic E-state index is -3.78. The predicted molar refractivity (Wildman–Crippen MR) is 116 cm³/mol. The van der Waals surface area contributed by atoms with Crippen LogP contribution in [-0.4, -0.2) is 31.6 Å². The molecule has 6 nitrogen and oxygen atoms in total. The first-order chi connectivity index (χ1) is 14.5. The lowest BCUT2D eigenvalue weighted by Crippen LogP contribution is -2.35. The van der Waals surface area contributed by atoms with Crippen molar-refractivity contribution in [3.8, 4) is 0 Å². The molecule has 5 rings (SSSR count). The van der Waals surface area contributed by atoms with Crippen LogP contribution in [0.3, 0.4) is 0 Å². The number of amidine groups is 1. The number of rotatable bonds is 4. The van der Waals surface area contributed by atoms with Gasteiger partial charge in [-0.2, -0.15) is 0 Å². The Bertz CT molecular complexity index is 1470. The third-order valence-corrected chi connectivity index (χ3v) is 7.12. The van der Waals surface area contributed by atoms with Gasteiger partial charge in [0.2, 0.25) is 0 Å². The van der Waals surface area contributed by atoms with Gasteiger partial charge < -0.3 is 4.42 Å². The third kappa shape index (κ3) is 3.17. The number of nitrogens with zero attached hydrogens (tertiary/aromatic N) is 2. The fourth-order valence-electron chi connectivity index (χ4n) is 3.84. The Kier molecular flexibility index (Phi) is 4.40. The normalized spacial score (nSPS) is 14.4. The van der Waals surface area contributed by atoms with E-state index in [1.807, 2.05) is 42.5 Å². The van der Waals surface area contributed by atoms with Crippen LogP contribution in [0, 0.1) is 0 Å². The molecule has 0 saturated carbocycles. The van der Waals surface area contributed by atoms with Crippen molar-refractivity contribution in [3.05, 3.63) is 88.8 Å². The quantitative estimate of drug-likeness (QED) is 0.475. The molecule has 0 aliphatic carbocycles. The Hall–Kier alpha value is -3.45. The summed E-state index contributed by atoms with van der Waals surface area (Å²) in [5, 5.41) is 2.76. The number of aliphatic imine (C=N–C) groups is 1. The van der Waals surface area contributed by atoms with Crippen LogP contribution in [0.1, 0.15) is 5.56 Å². The van der Waals surface area contributed by atoms with Gasteiger partial charge in [0.1, 0.15) is 11.4 Å². The van der Waals surface area contributed by atoms with E-state index in [2.05, 4.69) is 4.99 Å². The average molecular weight is 418 g/mol. The highest BCUT2D eigenvalue weighted by molar-refractivity contribution is 7.89. The molecular weight excluding hydrogens is 400 g/mol. The van der Waals surface area contributed by atoms with Crippen LogP contribution in [0.5, 0.6) is 0 Å². The zero-order chi connectivity index (χ0) is 20.7. The van der Waals surface area contributed by atoms with Gasteiger partial charge in [-0.25, -0.2) is 13.2 Å². The van der Waals surface area contributed by atoms with Gasteiger partial charge in [0.25, 0.3) is 10.0 Å². The molecule has 0 atom stereocenters. The summed E-state index contributed by atoms with van der Waals surface area (Å²) in [5.74, 6) is 0.533. The van der Waals surface area contributed by atoms with Crippen LogP contribution in [0.25, 0.3) is 21.7 Å². The molecule has 0 fully saturated rings. The molecule has 3 aromatic carbocycles. The fraction of sp³-hybridized carbons (Fsp3) is 0.130. The molecule has 7 heteroatoms. The summed E-state index contributed by atoms with van der Waals surface area (Å²) in [6, 6.07) is 21.4. The van der Waals surface area contributed by atoms with E-state index in [1.54, 1.807) is 6.07 Å². The molecule has 30 heavy (non-hydrogen) atoms. The van der Waals surface area contributed by atoms with Gasteiger partial charge in [0.05, 0.1) is 18.0 Å². The van der Waals surface area contributed by atoms with Crippen LogP contribution >= 0.6 is 0 Å². The van der Waals surface area contributed by atoms with E-state index in [4.69, 9.17) is 4.42 Å². The molecule has 2 heterocycles. The number of hydrogen-bond donors (Lipinski definition) is 0. The Morgan fingerprint density at radius 1 is 0.933 bits per heavy atom. The summed E-state index contributed by atoms with van der Waals surface area (Å²) >= 11 is 0. The van der Waals surface area contributed by atoms with E-state index < -0.39 is 15.6 Å². The molecule has 0 radical (unpaired) electrons. The molecule has 0 spiro atoms. The minimum absolute atomic E-state index is 0.149. The molecular formula is C23H18N2O4S. The SMILES string of the molecule is O=c1ccc2cc(S(=O)(=O)N3CCN=C3Cc3cccc4ccccc34)ccc2o1. The Morgan fingerprint density at radius 3 is 2.67 bits per heavy atom. The lowest BCUT2D eigenvalue weighted by Gasteiger charge is -2.21. The summed E-state index contributed by atoms with van der Waals surface area (Å²) in [7, 11) is -3.78. The summed E-state index contributed by atoms with van der Waals surface area (Å²) in [4.78, 5) is 16.0. The van der Waals surface area contributed by atoms with Crippen LogP contribution < -0.4 is 5.63 Å². The molecule has 0 saturated heterocycles. The van der Waals surface area contributed by atoms with Crippen LogP contribution in [0.4, 0.5) is 0 Å². The predicted octanol–water partition coefficient (Wildman–Crippen LogP) is 3.59. The third-order valence-electron chi connectivity index (χ3n) is 5.29. The molecule has 0 bridgehead atoms. The van der Waals surface area contributed by atoms with E-state index in [-0.39, 0.29) is 4.90 Å². The maximum atomic E-state index is 13.4. The second-order valence-corrected chi connectivity index (χ2v) is 9.01. The van der Waals surface area contributed by atoms with Gasteiger partial charge in [-0.1, -0.05) is 42.5 Å². The molecule has 1 aliphatic heterocycles. The number of hydrogen-bond acceptors (Lipinski definition) is 5. The first kappa shape index (κ1) is 18.6. The summed E-state index contributed by atoms with van der Waals surface area (Å²) in [6.45, 7) is 0.742. The van der Waals surface area contributed by atoms with Crippen LogP contribution in [0.2, 0.25) is 0 Å². The highest BCUT2D eigenvalue weighted by Gasteiger charge is 2.31. The van der Waals surface area contributed by atoms with E-state index in [9.17, 15) is 13.2 Å². The second kappa shape index (κ2) is 7.11. The van der Waals surface area contributed by atoms with Crippen molar-refractivity contribution in [1.82, 2.24) is 4.31 Å². The highest BCUT2D eigenvalue weighted by atomic mass is 32.2. The van der Waals surface area contributed by atoms with E-state index in [0.717, 1.165) is 16.3 Å².